The number of hydrogen-bond donors (Lipinski definition) is 1. The van der Waals surface area contributed by atoms with Gasteiger partial charge >= 0.3 is 5.97 Å². The van der Waals surface area contributed by atoms with E-state index in [4.69, 9.17) is 10.4 Å². The van der Waals surface area contributed by atoms with Gasteiger partial charge in [-0.1, -0.05) is 0 Å². The van der Waals surface area contributed by atoms with Gasteiger partial charge in [-0.25, -0.2) is 0 Å². The van der Waals surface area contributed by atoms with Crippen LogP contribution in [-0.2, 0) is 4.79 Å². The van der Waals surface area contributed by atoms with Gasteiger partial charge < -0.3 is 10.0 Å². The molecule has 0 saturated carbocycles. The zero-order valence-electron chi connectivity index (χ0n) is 10.1. The summed E-state index contributed by atoms with van der Waals surface area (Å²) >= 11 is 0. The maximum atomic E-state index is 10.4. The smallest absolute Gasteiger partial charge is 0.303 e. The van der Waals surface area contributed by atoms with E-state index in [0.29, 0.717) is 18.5 Å². The molecule has 0 atom stereocenters. The molecule has 0 radical (unpaired) electrons. The summed E-state index contributed by atoms with van der Waals surface area (Å²) in [4.78, 5) is 12.4. The third-order valence-electron chi connectivity index (χ3n) is 2.66. The Morgan fingerprint density at radius 2 is 2.24 bits per heavy atom. The molecule has 4 heteroatoms. The Hall–Kier alpha value is -2.02. The standard InChI is InChI=1S/C13H16N2O2/c1-10-8-12(6-5-11(10)9-14)15(2)7-3-4-13(16)17/h5-6,8H,3-4,7H2,1-2H3,(H,16,17). The first kappa shape index (κ1) is 13.0. The molecular formula is C13H16N2O2. The molecule has 0 bridgehead atoms. The summed E-state index contributed by atoms with van der Waals surface area (Å²) in [5.41, 5.74) is 2.62. The van der Waals surface area contributed by atoms with Crippen molar-refractivity contribution in [3.63, 3.8) is 0 Å². The molecule has 0 unspecified atom stereocenters. The highest BCUT2D eigenvalue weighted by Crippen LogP contribution is 2.18. The van der Waals surface area contributed by atoms with E-state index in [2.05, 4.69) is 6.07 Å². The van der Waals surface area contributed by atoms with Crippen molar-refractivity contribution in [2.45, 2.75) is 19.8 Å². The lowest BCUT2D eigenvalue weighted by Gasteiger charge is -2.19. The van der Waals surface area contributed by atoms with Gasteiger partial charge in [0.25, 0.3) is 0 Å². The molecule has 17 heavy (non-hydrogen) atoms. The van der Waals surface area contributed by atoms with Gasteiger partial charge in [0.05, 0.1) is 11.6 Å². The second-order valence-corrected chi connectivity index (χ2v) is 4.03. The largest absolute Gasteiger partial charge is 0.481 e. The SMILES string of the molecule is Cc1cc(N(C)CCCC(=O)O)ccc1C#N. The summed E-state index contributed by atoms with van der Waals surface area (Å²) in [6, 6.07) is 7.74. The molecule has 1 rings (SSSR count). The summed E-state index contributed by atoms with van der Waals surface area (Å²) in [7, 11) is 1.92. The molecule has 0 aliphatic rings. The minimum absolute atomic E-state index is 0.180. The molecule has 1 aromatic carbocycles. The van der Waals surface area contributed by atoms with Gasteiger partial charge in [0.2, 0.25) is 0 Å². The van der Waals surface area contributed by atoms with Gasteiger partial charge in [-0.05, 0) is 37.1 Å². The fourth-order valence-corrected chi connectivity index (χ4v) is 1.61. The van der Waals surface area contributed by atoms with E-state index < -0.39 is 5.97 Å². The molecule has 1 aromatic rings. The van der Waals surface area contributed by atoms with Gasteiger partial charge in [0.15, 0.2) is 0 Å². The van der Waals surface area contributed by atoms with Crippen LogP contribution in [0.25, 0.3) is 0 Å². The number of aliphatic carboxylic acids is 1. The van der Waals surface area contributed by atoms with E-state index >= 15 is 0 Å². The lowest BCUT2D eigenvalue weighted by atomic mass is 10.1. The average Bonchev–Trinajstić information content (AvgIpc) is 2.28. The maximum absolute atomic E-state index is 10.4. The van der Waals surface area contributed by atoms with E-state index in [-0.39, 0.29) is 6.42 Å². The average molecular weight is 232 g/mol. The Morgan fingerprint density at radius 3 is 2.76 bits per heavy atom. The molecule has 0 heterocycles. The Labute approximate surface area is 101 Å². The first-order chi connectivity index (χ1) is 8.04. The van der Waals surface area contributed by atoms with Gasteiger partial charge in [-0.3, -0.25) is 4.79 Å². The van der Waals surface area contributed by atoms with Crippen molar-refractivity contribution < 1.29 is 9.90 Å². The number of anilines is 1. The van der Waals surface area contributed by atoms with Crippen molar-refractivity contribution in [3.8, 4) is 6.07 Å². The van der Waals surface area contributed by atoms with Crippen LogP contribution in [0.4, 0.5) is 5.69 Å². The quantitative estimate of drug-likeness (QED) is 0.845. The van der Waals surface area contributed by atoms with Crippen LogP contribution in [-0.4, -0.2) is 24.7 Å². The number of carboxylic acid groups (broad SMARTS) is 1. The Bertz CT molecular complexity index is 449. The zero-order chi connectivity index (χ0) is 12.8. The molecule has 0 amide bonds. The fourth-order valence-electron chi connectivity index (χ4n) is 1.61. The van der Waals surface area contributed by atoms with Crippen LogP contribution in [0.2, 0.25) is 0 Å². The molecule has 0 spiro atoms. The zero-order valence-corrected chi connectivity index (χ0v) is 10.1. The summed E-state index contributed by atoms with van der Waals surface area (Å²) in [6.07, 6.45) is 0.796. The van der Waals surface area contributed by atoms with E-state index in [9.17, 15) is 4.79 Å². The number of benzene rings is 1. The molecule has 0 saturated heterocycles. The number of carbonyl (C=O) groups is 1. The molecule has 0 aliphatic heterocycles. The Kier molecular flexibility index (Phi) is 4.53. The highest BCUT2D eigenvalue weighted by atomic mass is 16.4. The van der Waals surface area contributed by atoms with Crippen LogP contribution in [0.1, 0.15) is 24.0 Å². The lowest BCUT2D eigenvalue weighted by molar-refractivity contribution is -0.137. The first-order valence-electron chi connectivity index (χ1n) is 5.48. The topological polar surface area (TPSA) is 64.3 Å². The maximum Gasteiger partial charge on any atom is 0.303 e. The fraction of sp³-hybridized carbons (Fsp3) is 0.385. The van der Waals surface area contributed by atoms with Crippen molar-refractivity contribution >= 4 is 11.7 Å². The highest BCUT2D eigenvalue weighted by Gasteiger charge is 2.05. The number of aryl methyl sites for hydroxylation is 1. The Balaban J connectivity index is 2.64. The Morgan fingerprint density at radius 1 is 1.53 bits per heavy atom. The highest BCUT2D eigenvalue weighted by molar-refractivity contribution is 5.66. The number of nitriles is 1. The van der Waals surface area contributed by atoms with Crippen molar-refractivity contribution in [2.75, 3.05) is 18.5 Å². The molecule has 1 N–H and O–H groups in total. The lowest BCUT2D eigenvalue weighted by Crippen LogP contribution is -2.19. The number of rotatable bonds is 5. The van der Waals surface area contributed by atoms with Gasteiger partial charge in [0, 0.05) is 25.7 Å². The normalized spacial score (nSPS) is 9.71. The van der Waals surface area contributed by atoms with Crippen LogP contribution in [0.15, 0.2) is 18.2 Å². The number of hydrogen-bond acceptors (Lipinski definition) is 3. The molecule has 0 aliphatic carbocycles. The van der Waals surface area contributed by atoms with E-state index in [0.717, 1.165) is 11.3 Å². The van der Waals surface area contributed by atoms with Crippen LogP contribution in [0, 0.1) is 18.3 Å². The predicted octanol–water partition coefficient (Wildman–Crippen LogP) is 2.17. The second-order valence-electron chi connectivity index (χ2n) is 4.03. The van der Waals surface area contributed by atoms with Crippen LogP contribution >= 0.6 is 0 Å². The van der Waals surface area contributed by atoms with Gasteiger partial charge in [-0.15, -0.1) is 0 Å². The van der Waals surface area contributed by atoms with E-state index in [1.807, 2.05) is 31.0 Å². The third-order valence-corrected chi connectivity index (χ3v) is 2.66. The van der Waals surface area contributed by atoms with Gasteiger partial charge in [-0.2, -0.15) is 5.26 Å². The van der Waals surface area contributed by atoms with Crippen LogP contribution in [0.3, 0.4) is 0 Å². The van der Waals surface area contributed by atoms with E-state index in [1.165, 1.54) is 0 Å². The number of nitrogens with zero attached hydrogens (tertiary/aromatic N) is 2. The molecule has 0 fully saturated rings. The van der Waals surface area contributed by atoms with Crippen molar-refractivity contribution in [2.24, 2.45) is 0 Å². The van der Waals surface area contributed by atoms with Crippen LogP contribution in [0.5, 0.6) is 0 Å². The summed E-state index contributed by atoms with van der Waals surface area (Å²) in [5.74, 6) is -0.769. The van der Waals surface area contributed by atoms with Crippen molar-refractivity contribution in [1.82, 2.24) is 0 Å². The molecule has 90 valence electrons. The molecule has 4 nitrogen and oxygen atoms in total. The monoisotopic (exact) mass is 232 g/mol. The minimum atomic E-state index is -0.769. The summed E-state index contributed by atoms with van der Waals surface area (Å²) < 4.78 is 0. The summed E-state index contributed by atoms with van der Waals surface area (Å²) in [6.45, 7) is 2.59. The third kappa shape index (κ3) is 3.80. The predicted molar refractivity (Wildman–Crippen MR) is 66.0 cm³/mol. The minimum Gasteiger partial charge on any atom is -0.481 e. The second kappa shape index (κ2) is 5.90. The van der Waals surface area contributed by atoms with E-state index in [1.54, 1.807) is 6.07 Å². The number of carboxylic acids is 1. The molecule has 0 aromatic heterocycles. The molecular weight excluding hydrogens is 216 g/mol. The summed E-state index contributed by atoms with van der Waals surface area (Å²) in [5, 5.41) is 17.4. The van der Waals surface area contributed by atoms with Crippen LogP contribution < -0.4 is 4.90 Å². The van der Waals surface area contributed by atoms with Gasteiger partial charge in [0.1, 0.15) is 0 Å². The van der Waals surface area contributed by atoms with Crippen molar-refractivity contribution in [1.29, 1.82) is 5.26 Å². The van der Waals surface area contributed by atoms with Crippen molar-refractivity contribution in [3.05, 3.63) is 29.3 Å². The first-order valence-corrected chi connectivity index (χ1v) is 5.48.